The van der Waals surface area contributed by atoms with Crippen molar-refractivity contribution in [3.8, 4) is 0 Å². The van der Waals surface area contributed by atoms with Gasteiger partial charge in [-0.2, -0.15) is 11.8 Å². The fraction of sp³-hybridized carbons (Fsp3) is 0.556. The molecule has 0 aromatic heterocycles. The Morgan fingerprint density at radius 3 is 2.84 bits per heavy atom. The van der Waals surface area contributed by atoms with Crippen molar-refractivity contribution in [2.75, 3.05) is 18.6 Å². The van der Waals surface area contributed by atoms with Crippen molar-refractivity contribution in [2.45, 2.75) is 44.3 Å². The number of carbonyl (C=O) groups is 2. The first kappa shape index (κ1) is 20.1. The zero-order chi connectivity index (χ0) is 18.2. The minimum absolute atomic E-state index is 0.117. The number of amides is 2. The van der Waals surface area contributed by atoms with Gasteiger partial charge in [-0.3, -0.25) is 9.59 Å². The monoisotopic (exact) mass is 383 g/mol. The summed E-state index contributed by atoms with van der Waals surface area (Å²) in [5.41, 5.74) is 0.390. The van der Waals surface area contributed by atoms with Crippen molar-refractivity contribution < 1.29 is 9.59 Å². The molecule has 138 valence electrons. The number of halogens is 1. The molecule has 2 amide bonds. The zero-order valence-corrected chi connectivity index (χ0v) is 16.3. The fourth-order valence-electron chi connectivity index (χ4n) is 2.95. The summed E-state index contributed by atoms with van der Waals surface area (Å²) in [5.74, 6) is 0.364. The maximum absolute atomic E-state index is 12.7. The van der Waals surface area contributed by atoms with E-state index in [1.54, 1.807) is 36.0 Å². The van der Waals surface area contributed by atoms with E-state index in [1.807, 2.05) is 6.26 Å². The van der Waals surface area contributed by atoms with Gasteiger partial charge in [0.05, 0.1) is 10.6 Å². The van der Waals surface area contributed by atoms with Gasteiger partial charge in [-0.25, -0.2) is 0 Å². The van der Waals surface area contributed by atoms with Crippen LogP contribution >= 0.6 is 23.4 Å². The lowest BCUT2D eigenvalue weighted by molar-refractivity contribution is -0.123. The van der Waals surface area contributed by atoms with Gasteiger partial charge in [-0.15, -0.1) is 0 Å². The van der Waals surface area contributed by atoms with Gasteiger partial charge in [0.25, 0.3) is 5.91 Å². The third-order valence-electron chi connectivity index (χ3n) is 4.32. The van der Waals surface area contributed by atoms with Gasteiger partial charge in [-0.05, 0) is 56.9 Å². The molecule has 1 aromatic rings. The van der Waals surface area contributed by atoms with Gasteiger partial charge in [0, 0.05) is 12.1 Å². The molecule has 1 aromatic carbocycles. The molecular formula is C18H26ClN3O2S. The predicted octanol–water partition coefficient (Wildman–Crippen LogP) is 2.45. The van der Waals surface area contributed by atoms with Crippen LogP contribution in [0.2, 0.25) is 5.02 Å². The van der Waals surface area contributed by atoms with E-state index in [0.717, 1.165) is 25.1 Å². The van der Waals surface area contributed by atoms with E-state index in [2.05, 4.69) is 22.9 Å². The molecule has 3 N–H and O–H groups in total. The van der Waals surface area contributed by atoms with E-state index < -0.39 is 6.04 Å². The standard InChI is InChI=1S/C18H26ClN3O2S/c1-12-11-13(7-9-20-12)21-18(24)16(8-10-25-2)22-17(23)14-5-3-4-6-15(14)19/h3-6,12-13,16,20H,7-11H2,1-2H3,(H,21,24)(H,22,23). The maximum atomic E-state index is 12.7. The second-order valence-electron chi connectivity index (χ2n) is 6.37. The average Bonchev–Trinajstić information content (AvgIpc) is 2.58. The quantitative estimate of drug-likeness (QED) is 0.676. The van der Waals surface area contributed by atoms with E-state index in [-0.39, 0.29) is 17.9 Å². The molecule has 3 atom stereocenters. The Bertz CT molecular complexity index is 599. The molecule has 1 fully saturated rings. The Labute approximate surface area is 158 Å². The summed E-state index contributed by atoms with van der Waals surface area (Å²) in [4.78, 5) is 25.2. The summed E-state index contributed by atoms with van der Waals surface area (Å²) in [7, 11) is 0. The van der Waals surface area contributed by atoms with Gasteiger partial charge in [-0.1, -0.05) is 23.7 Å². The molecule has 1 heterocycles. The van der Waals surface area contributed by atoms with Crippen LogP contribution in [0.25, 0.3) is 0 Å². The van der Waals surface area contributed by atoms with Crippen molar-refractivity contribution in [2.24, 2.45) is 0 Å². The molecule has 1 aliphatic rings. The molecule has 3 unspecified atom stereocenters. The lowest BCUT2D eigenvalue weighted by Crippen LogP contribution is -2.53. The molecule has 5 nitrogen and oxygen atoms in total. The highest BCUT2D eigenvalue weighted by molar-refractivity contribution is 7.98. The van der Waals surface area contributed by atoms with Crippen molar-refractivity contribution in [1.82, 2.24) is 16.0 Å². The first-order valence-corrected chi connectivity index (χ1v) is 10.4. The second-order valence-corrected chi connectivity index (χ2v) is 7.77. The normalized spacial score (nSPS) is 21.4. The highest BCUT2D eigenvalue weighted by Gasteiger charge is 2.26. The van der Waals surface area contributed by atoms with Crippen LogP contribution in [-0.4, -0.2) is 48.5 Å². The van der Waals surface area contributed by atoms with Gasteiger partial charge < -0.3 is 16.0 Å². The number of thioether (sulfide) groups is 1. The smallest absolute Gasteiger partial charge is 0.253 e. The van der Waals surface area contributed by atoms with Crippen LogP contribution in [0.15, 0.2) is 24.3 Å². The lowest BCUT2D eigenvalue weighted by Gasteiger charge is -2.30. The van der Waals surface area contributed by atoms with E-state index in [0.29, 0.717) is 23.0 Å². The third kappa shape index (κ3) is 6.20. The summed E-state index contributed by atoms with van der Waals surface area (Å²) in [6, 6.07) is 6.85. The predicted molar refractivity (Wildman–Crippen MR) is 104 cm³/mol. The minimum Gasteiger partial charge on any atom is -0.351 e. The van der Waals surface area contributed by atoms with Gasteiger partial charge in [0.15, 0.2) is 0 Å². The van der Waals surface area contributed by atoms with Crippen LogP contribution in [0.4, 0.5) is 0 Å². The maximum Gasteiger partial charge on any atom is 0.253 e. The number of hydrogen-bond donors (Lipinski definition) is 3. The van der Waals surface area contributed by atoms with Crippen molar-refractivity contribution in [3.05, 3.63) is 34.9 Å². The van der Waals surface area contributed by atoms with Gasteiger partial charge >= 0.3 is 0 Å². The molecule has 25 heavy (non-hydrogen) atoms. The third-order valence-corrected chi connectivity index (χ3v) is 5.29. The molecule has 0 saturated carbocycles. The number of benzene rings is 1. The van der Waals surface area contributed by atoms with Crippen molar-refractivity contribution in [1.29, 1.82) is 0 Å². The van der Waals surface area contributed by atoms with Crippen LogP contribution < -0.4 is 16.0 Å². The molecule has 7 heteroatoms. The van der Waals surface area contributed by atoms with Crippen LogP contribution in [0.3, 0.4) is 0 Å². The molecule has 0 radical (unpaired) electrons. The summed E-state index contributed by atoms with van der Waals surface area (Å²) >= 11 is 7.74. The van der Waals surface area contributed by atoms with Crippen LogP contribution in [0, 0.1) is 0 Å². The number of piperidine rings is 1. The van der Waals surface area contributed by atoms with Gasteiger partial charge in [0.2, 0.25) is 5.91 Å². The molecule has 0 aliphatic carbocycles. The number of nitrogens with one attached hydrogen (secondary N) is 3. The molecule has 2 rings (SSSR count). The second kappa shape index (κ2) is 10.0. The van der Waals surface area contributed by atoms with Crippen LogP contribution in [0.5, 0.6) is 0 Å². The first-order chi connectivity index (χ1) is 12.0. The van der Waals surface area contributed by atoms with Crippen molar-refractivity contribution >= 4 is 35.2 Å². The fourth-order valence-corrected chi connectivity index (χ4v) is 3.64. The Morgan fingerprint density at radius 1 is 1.40 bits per heavy atom. The number of rotatable bonds is 7. The Kier molecular flexibility index (Phi) is 8.06. The van der Waals surface area contributed by atoms with Crippen LogP contribution in [0.1, 0.15) is 36.5 Å². The Balaban J connectivity index is 2.00. The van der Waals surface area contributed by atoms with Crippen LogP contribution in [-0.2, 0) is 4.79 Å². The van der Waals surface area contributed by atoms with E-state index in [1.165, 1.54) is 0 Å². The highest BCUT2D eigenvalue weighted by atomic mass is 35.5. The SMILES string of the molecule is CSCCC(NC(=O)c1ccccc1Cl)C(=O)NC1CCNC(C)C1. The molecule has 1 aliphatic heterocycles. The first-order valence-electron chi connectivity index (χ1n) is 8.59. The van der Waals surface area contributed by atoms with E-state index in [9.17, 15) is 9.59 Å². The average molecular weight is 384 g/mol. The number of carbonyl (C=O) groups excluding carboxylic acids is 2. The van der Waals surface area contributed by atoms with E-state index in [4.69, 9.17) is 11.6 Å². The zero-order valence-electron chi connectivity index (χ0n) is 14.7. The minimum atomic E-state index is -0.554. The molecule has 0 spiro atoms. The Hall–Kier alpha value is -1.24. The Morgan fingerprint density at radius 2 is 2.16 bits per heavy atom. The summed E-state index contributed by atoms with van der Waals surface area (Å²) in [6.07, 6.45) is 4.38. The molecule has 0 bridgehead atoms. The summed E-state index contributed by atoms with van der Waals surface area (Å²) in [6.45, 7) is 3.01. The summed E-state index contributed by atoms with van der Waals surface area (Å²) < 4.78 is 0. The number of hydrogen-bond acceptors (Lipinski definition) is 4. The summed E-state index contributed by atoms with van der Waals surface area (Å²) in [5, 5.41) is 9.69. The topological polar surface area (TPSA) is 70.2 Å². The van der Waals surface area contributed by atoms with E-state index >= 15 is 0 Å². The van der Waals surface area contributed by atoms with Crippen molar-refractivity contribution in [3.63, 3.8) is 0 Å². The highest BCUT2D eigenvalue weighted by Crippen LogP contribution is 2.15. The molecule has 1 saturated heterocycles. The van der Waals surface area contributed by atoms with Gasteiger partial charge in [0.1, 0.15) is 6.04 Å². The molecular weight excluding hydrogens is 358 g/mol. The lowest BCUT2D eigenvalue weighted by atomic mass is 10.00. The largest absolute Gasteiger partial charge is 0.351 e.